The van der Waals surface area contributed by atoms with Crippen LogP contribution in [0.5, 0.6) is 0 Å². The van der Waals surface area contributed by atoms with Gasteiger partial charge in [-0.25, -0.2) is 0 Å². The Hall–Kier alpha value is -2.96. The van der Waals surface area contributed by atoms with Crippen molar-refractivity contribution in [3.8, 4) is 17.2 Å². The molecule has 0 amide bonds. The van der Waals surface area contributed by atoms with Gasteiger partial charge in [-0.2, -0.15) is 5.26 Å². The summed E-state index contributed by atoms with van der Waals surface area (Å²) < 4.78 is 0. The third-order valence-corrected chi connectivity index (χ3v) is 10.7. The van der Waals surface area contributed by atoms with Crippen LogP contribution in [0.25, 0.3) is 16.7 Å². The summed E-state index contributed by atoms with van der Waals surface area (Å²) >= 11 is 0. The number of nitrogens with zero attached hydrogens (tertiary/aromatic N) is 1. The molecule has 0 aromatic heterocycles. The molecule has 1 unspecified atom stereocenters. The Morgan fingerprint density at radius 3 is 1.85 bits per heavy atom. The predicted molar refractivity (Wildman–Crippen MR) is 199 cm³/mol. The molecular weight excluding hydrogens is 558 g/mol. The summed E-state index contributed by atoms with van der Waals surface area (Å²) in [7, 11) is 0. The first-order valence-corrected chi connectivity index (χ1v) is 18.5. The molecule has 248 valence electrons. The van der Waals surface area contributed by atoms with E-state index in [1.165, 1.54) is 105 Å². The zero-order chi connectivity index (χ0) is 33.5. The fourth-order valence-corrected chi connectivity index (χ4v) is 8.01. The first kappa shape index (κ1) is 35.9. The van der Waals surface area contributed by atoms with Crippen molar-refractivity contribution < 1.29 is 0 Å². The fraction of sp³-hybridized carbons (Fsp3) is 0.581. The van der Waals surface area contributed by atoms with Crippen LogP contribution < -0.4 is 5.73 Å². The topological polar surface area (TPSA) is 73.7 Å². The Morgan fingerprint density at radius 1 is 0.804 bits per heavy atom. The van der Waals surface area contributed by atoms with Gasteiger partial charge < -0.3 is 11.1 Å². The Kier molecular flexibility index (Phi) is 12.3. The van der Waals surface area contributed by atoms with Gasteiger partial charge in [-0.3, -0.25) is 0 Å². The number of allylic oxidation sites excluding steroid dienone is 2. The van der Waals surface area contributed by atoms with Crippen LogP contribution in [0.2, 0.25) is 0 Å². The second kappa shape index (κ2) is 15.8. The third kappa shape index (κ3) is 7.60. The molecule has 0 aliphatic heterocycles. The summed E-state index contributed by atoms with van der Waals surface area (Å²) in [6.07, 6.45) is 19.7. The van der Waals surface area contributed by atoms with Gasteiger partial charge in [-0.05, 0) is 75.3 Å². The third-order valence-electron chi connectivity index (χ3n) is 10.7. The average molecular weight is 620 g/mol. The minimum absolute atomic E-state index is 0.0476. The largest absolute Gasteiger partial charge is 0.319 e. The van der Waals surface area contributed by atoms with E-state index in [-0.39, 0.29) is 16.7 Å². The van der Waals surface area contributed by atoms with Gasteiger partial charge >= 0.3 is 0 Å². The number of hydrogen-bond donors (Lipinski definition) is 2. The number of nitrogens with two attached hydrogens (primary N) is 1. The molecule has 0 saturated carbocycles. The molecule has 2 aromatic rings. The number of nitrogens with one attached hydrogen (secondary N) is 1. The van der Waals surface area contributed by atoms with Gasteiger partial charge in [-0.1, -0.05) is 156 Å². The molecule has 3 nitrogen and oxygen atoms in total. The molecule has 2 aromatic carbocycles. The summed E-state index contributed by atoms with van der Waals surface area (Å²) in [6, 6.07) is 16.0. The Labute approximate surface area is 281 Å². The maximum absolute atomic E-state index is 10.1. The molecule has 4 rings (SSSR count). The highest BCUT2D eigenvalue weighted by molar-refractivity contribution is 6.27. The number of benzene rings is 2. The SMILES string of the molecule is CCCCCCCCC1(CCCCCCCC)c2cc(C3=CC(C#N)=C(C(C)C)C(N)C3=N)ccc2-c2ccc(C(C)(C)C)cc21. The van der Waals surface area contributed by atoms with E-state index < -0.39 is 6.04 Å². The number of unbranched alkanes of at least 4 members (excludes halogenated alkanes) is 10. The van der Waals surface area contributed by atoms with Gasteiger partial charge in [0.25, 0.3) is 0 Å². The zero-order valence-corrected chi connectivity index (χ0v) is 30.1. The second-order valence-electron chi connectivity index (χ2n) is 15.5. The van der Waals surface area contributed by atoms with Crippen molar-refractivity contribution in [3.63, 3.8) is 0 Å². The van der Waals surface area contributed by atoms with E-state index in [2.05, 4.69) is 90.9 Å². The summed E-state index contributed by atoms with van der Waals surface area (Å²) in [5.74, 6) is 0.122. The first-order chi connectivity index (χ1) is 22.0. The monoisotopic (exact) mass is 619 g/mol. The lowest BCUT2D eigenvalue weighted by molar-refractivity contribution is 0.397. The normalized spacial score (nSPS) is 17.3. The molecule has 2 aliphatic rings. The van der Waals surface area contributed by atoms with Crippen molar-refractivity contribution in [1.29, 1.82) is 10.7 Å². The highest BCUT2D eigenvalue weighted by Gasteiger charge is 2.43. The molecule has 46 heavy (non-hydrogen) atoms. The number of fused-ring (bicyclic) bond motifs is 3. The molecule has 1 atom stereocenters. The van der Waals surface area contributed by atoms with Crippen LogP contribution in [0.4, 0.5) is 0 Å². The maximum Gasteiger partial charge on any atom is 0.0992 e. The fourth-order valence-electron chi connectivity index (χ4n) is 8.01. The highest BCUT2D eigenvalue weighted by Crippen LogP contribution is 2.55. The predicted octanol–water partition coefficient (Wildman–Crippen LogP) is 12.0. The minimum Gasteiger partial charge on any atom is -0.319 e. The molecule has 0 spiro atoms. The summed E-state index contributed by atoms with van der Waals surface area (Å²) in [5, 5.41) is 19.2. The first-order valence-electron chi connectivity index (χ1n) is 18.5. The van der Waals surface area contributed by atoms with Crippen molar-refractivity contribution in [2.24, 2.45) is 11.7 Å². The van der Waals surface area contributed by atoms with Crippen LogP contribution in [-0.4, -0.2) is 11.8 Å². The van der Waals surface area contributed by atoms with E-state index in [0.717, 1.165) is 29.6 Å². The van der Waals surface area contributed by atoms with E-state index in [1.54, 1.807) is 0 Å². The van der Waals surface area contributed by atoms with Gasteiger partial charge in [0.15, 0.2) is 0 Å². The van der Waals surface area contributed by atoms with Crippen LogP contribution >= 0.6 is 0 Å². The quantitative estimate of drug-likeness (QED) is 0.183. The van der Waals surface area contributed by atoms with Crippen molar-refractivity contribution >= 4 is 11.3 Å². The van der Waals surface area contributed by atoms with Crippen molar-refractivity contribution in [2.75, 3.05) is 0 Å². The van der Waals surface area contributed by atoms with Gasteiger partial charge in [0.2, 0.25) is 0 Å². The molecular formula is C43H61N3. The lowest BCUT2D eigenvalue weighted by atomic mass is 9.69. The molecule has 0 saturated heterocycles. The van der Waals surface area contributed by atoms with Crippen LogP contribution in [-0.2, 0) is 10.8 Å². The van der Waals surface area contributed by atoms with Gasteiger partial charge in [0, 0.05) is 11.0 Å². The average Bonchev–Trinajstić information content (AvgIpc) is 3.29. The molecule has 2 aliphatic carbocycles. The Bertz CT molecular complexity index is 1460. The molecule has 3 heteroatoms. The summed E-state index contributed by atoms with van der Waals surface area (Å²) in [6.45, 7) is 15.7. The summed E-state index contributed by atoms with van der Waals surface area (Å²) in [5.41, 5.74) is 17.5. The van der Waals surface area contributed by atoms with E-state index in [1.807, 2.05) is 6.08 Å². The van der Waals surface area contributed by atoms with E-state index >= 15 is 0 Å². The molecule has 0 bridgehead atoms. The van der Waals surface area contributed by atoms with Crippen molar-refractivity contribution in [2.45, 2.75) is 155 Å². The smallest absolute Gasteiger partial charge is 0.0992 e. The van der Waals surface area contributed by atoms with Gasteiger partial charge in [0.05, 0.1) is 23.4 Å². The molecule has 3 N–H and O–H groups in total. The lowest BCUT2D eigenvalue weighted by Gasteiger charge is -2.34. The van der Waals surface area contributed by atoms with E-state index in [9.17, 15) is 5.26 Å². The van der Waals surface area contributed by atoms with Crippen LogP contribution in [0.1, 0.15) is 161 Å². The second-order valence-corrected chi connectivity index (χ2v) is 15.5. The van der Waals surface area contributed by atoms with Crippen molar-refractivity contribution in [3.05, 3.63) is 75.9 Å². The molecule has 0 fully saturated rings. The minimum atomic E-state index is -0.551. The van der Waals surface area contributed by atoms with Crippen LogP contribution in [0.3, 0.4) is 0 Å². The Morgan fingerprint density at radius 2 is 1.33 bits per heavy atom. The van der Waals surface area contributed by atoms with E-state index in [4.69, 9.17) is 11.1 Å². The van der Waals surface area contributed by atoms with Gasteiger partial charge in [-0.15, -0.1) is 0 Å². The van der Waals surface area contributed by atoms with E-state index in [0.29, 0.717) is 11.3 Å². The molecule has 0 radical (unpaired) electrons. The van der Waals surface area contributed by atoms with Crippen molar-refractivity contribution in [1.82, 2.24) is 0 Å². The highest BCUT2D eigenvalue weighted by atomic mass is 14.7. The van der Waals surface area contributed by atoms with Gasteiger partial charge in [0.1, 0.15) is 0 Å². The van der Waals surface area contributed by atoms with Crippen LogP contribution in [0.15, 0.2) is 53.6 Å². The number of hydrogen-bond acceptors (Lipinski definition) is 3. The standard InChI is InChI=1S/C43H61N3/c1-8-10-12-14-16-18-24-43(25-19-17-15-13-11-9-2)37-27-31(36-26-32(29-44)39(30(3)4)41(46)40(36)45)20-22-34(37)35-23-21-33(28-38(35)43)42(5,6)7/h20-23,26-28,30,41,45H,8-19,24-25,46H2,1-7H3. The maximum atomic E-state index is 10.1. The van der Waals surface area contributed by atoms with Crippen LogP contribution in [0, 0.1) is 22.7 Å². The summed E-state index contributed by atoms with van der Waals surface area (Å²) in [4.78, 5) is 0. The number of nitriles is 1. The number of rotatable bonds is 16. The lowest BCUT2D eigenvalue weighted by Crippen LogP contribution is -2.37. The molecule has 0 heterocycles. The zero-order valence-electron chi connectivity index (χ0n) is 30.1. The Balaban J connectivity index is 1.84.